The Hall–Kier alpha value is -1.81. The van der Waals surface area contributed by atoms with Crippen LogP contribution < -0.4 is 5.32 Å². The van der Waals surface area contributed by atoms with Crippen LogP contribution in [0.15, 0.2) is 24.3 Å². The molecule has 0 saturated carbocycles. The summed E-state index contributed by atoms with van der Waals surface area (Å²) in [6, 6.07) is 8.18. The third-order valence-electron chi connectivity index (χ3n) is 4.79. The van der Waals surface area contributed by atoms with E-state index in [1.54, 1.807) is 0 Å². The van der Waals surface area contributed by atoms with Crippen molar-refractivity contribution < 1.29 is 4.79 Å². The number of hydrogen-bond acceptors (Lipinski definition) is 2. The van der Waals surface area contributed by atoms with Crippen LogP contribution in [0.1, 0.15) is 36.9 Å². The maximum atomic E-state index is 12.2. The minimum Gasteiger partial charge on any atom is -0.358 e. The molecule has 1 amide bonds. The van der Waals surface area contributed by atoms with Crippen LogP contribution in [0.3, 0.4) is 0 Å². The second-order valence-electron chi connectivity index (χ2n) is 6.56. The summed E-state index contributed by atoms with van der Waals surface area (Å²) in [6.45, 7) is 6.37. The summed E-state index contributed by atoms with van der Waals surface area (Å²) in [5.41, 5.74) is 3.32. The van der Waals surface area contributed by atoms with Crippen molar-refractivity contribution in [2.45, 2.75) is 39.0 Å². The Bertz CT molecular complexity index is 656. The van der Waals surface area contributed by atoms with Gasteiger partial charge in [0.15, 0.2) is 0 Å². The number of amides is 1. The molecule has 0 atom stereocenters. The SMILES string of the molecule is Cc1[nH]c2ccccc2c1CC(=O)NCCCN1CCCCC1. The molecule has 2 N–H and O–H groups in total. The molecule has 1 aliphatic heterocycles. The van der Waals surface area contributed by atoms with Crippen molar-refractivity contribution in [3.8, 4) is 0 Å². The highest BCUT2D eigenvalue weighted by molar-refractivity contribution is 5.90. The Kier molecular flexibility index (Phi) is 5.34. The molecule has 1 aromatic heterocycles. The molecule has 0 spiro atoms. The molecule has 4 nitrogen and oxygen atoms in total. The molecule has 3 rings (SSSR count). The lowest BCUT2D eigenvalue weighted by molar-refractivity contribution is -0.120. The number of H-pyrrole nitrogens is 1. The zero-order valence-corrected chi connectivity index (χ0v) is 14.0. The van der Waals surface area contributed by atoms with Crippen molar-refractivity contribution in [2.75, 3.05) is 26.2 Å². The van der Waals surface area contributed by atoms with Crippen LogP contribution in [0.5, 0.6) is 0 Å². The smallest absolute Gasteiger partial charge is 0.224 e. The van der Waals surface area contributed by atoms with E-state index < -0.39 is 0 Å². The fourth-order valence-corrected chi connectivity index (χ4v) is 3.50. The second kappa shape index (κ2) is 7.64. The van der Waals surface area contributed by atoms with E-state index in [1.165, 1.54) is 32.4 Å². The van der Waals surface area contributed by atoms with Crippen LogP contribution in [-0.4, -0.2) is 42.0 Å². The fourth-order valence-electron chi connectivity index (χ4n) is 3.50. The molecule has 2 heterocycles. The molecular weight excluding hydrogens is 286 g/mol. The van der Waals surface area contributed by atoms with E-state index in [-0.39, 0.29) is 5.91 Å². The predicted molar refractivity (Wildman–Crippen MR) is 94.7 cm³/mol. The minimum absolute atomic E-state index is 0.122. The van der Waals surface area contributed by atoms with E-state index in [9.17, 15) is 4.79 Å². The average Bonchev–Trinajstić information content (AvgIpc) is 2.88. The Morgan fingerprint density at radius 1 is 1.22 bits per heavy atom. The number of para-hydroxylation sites is 1. The van der Waals surface area contributed by atoms with E-state index >= 15 is 0 Å². The Labute approximate surface area is 138 Å². The summed E-state index contributed by atoms with van der Waals surface area (Å²) in [6.07, 6.45) is 5.52. The summed E-state index contributed by atoms with van der Waals surface area (Å²) in [5.74, 6) is 0.122. The summed E-state index contributed by atoms with van der Waals surface area (Å²) in [7, 11) is 0. The number of benzene rings is 1. The highest BCUT2D eigenvalue weighted by Gasteiger charge is 2.12. The zero-order chi connectivity index (χ0) is 16.1. The first-order chi connectivity index (χ1) is 11.2. The maximum Gasteiger partial charge on any atom is 0.224 e. The molecule has 0 radical (unpaired) electrons. The number of rotatable bonds is 6. The van der Waals surface area contributed by atoms with Gasteiger partial charge in [-0.2, -0.15) is 0 Å². The van der Waals surface area contributed by atoms with Crippen molar-refractivity contribution in [2.24, 2.45) is 0 Å². The first kappa shape index (κ1) is 16.1. The van der Waals surface area contributed by atoms with Crippen LogP contribution in [0, 0.1) is 6.92 Å². The number of carbonyl (C=O) groups is 1. The normalized spacial score (nSPS) is 15.9. The monoisotopic (exact) mass is 313 g/mol. The summed E-state index contributed by atoms with van der Waals surface area (Å²) >= 11 is 0. The number of piperidine rings is 1. The third-order valence-corrected chi connectivity index (χ3v) is 4.79. The highest BCUT2D eigenvalue weighted by Crippen LogP contribution is 2.22. The molecule has 124 valence electrons. The van der Waals surface area contributed by atoms with Gasteiger partial charge in [0, 0.05) is 23.1 Å². The maximum absolute atomic E-state index is 12.2. The topological polar surface area (TPSA) is 48.1 Å². The van der Waals surface area contributed by atoms with Crippen molar-refractivity contribution in [3.63, 3.8) is 0 Å². The molecule has 0 unspecified atom stereocenters. The van der Waals surface area contributed by atoms with E-state index in [2.05, 4.69) is 27.3 Å². The van der Waals surface area contributed by atoms with Crippen LogP contribution in [-0.2, 0) is 11.2 Å². The molecule has 0 bridgehead atoms. The van der Waals surface area contributed by atoms with E-state index in [0.717, 1.165) is 41.7 Å². The number of likely N-dealkylation sites (tertiary alicyclic amines) is 1. The van der Waals surface area contributed by atoms with Crippen LogP contribution in [0.25, 0.3) is 10.9 Å². The third kappa shape index (κ3) is 4.14. The zero-order valence-electron chi connectivity index (χ0n) is 14.0. The minimum atomic E-state index is 0.122. The molecule has 23 heavy (non-hydrogen) atoms. The number of nitrogens with zero attached hydrogens (tertiary/aromatic N) is 1. The number of hydrogen-bond donors (Lipinski definition) is 2. The van der Waals surface area contributed by atoms with Crippen LogP contribution in [0.4, 0.5) is 0 Å². The van der Waals surface area contributed by atoms with Gasteiger partial charge in [-0.05, 0) is 57.5 Å². The van der Waals surface area contributed by atoms with Gasteiger partial charge in [0.2, 0.25) is 5.91 Å². The van der Waals surface area contributed by atoms with Gasteiger partial charge in [0.25, 0.3) is 0 Å². The number of fused-ring (bicyclic) bond motifs is 1. The Morgan fingerprint density at radius 2 is 2.00 bits per heavy atom. The molecular formula is C19H27N3O. The van der Waals surface area contributed by atoms with E-state index in [0.29, 0.717) is 6.42 Å². The summed E-state index contributed by atoms with van der Waals surface area (Å²) < 4.78 is 0. The van der Waals surface area contributed by atoms with Gasteiger partial charge < -0.3 is 15.2 Å². The van der Waals surface area contributed by atoms with Crippen molar-refractivity contribution >= 4 is 16.8 Å². The number of nitrogens with one attached hydrogen (secondary N) is 2. The molecule has 1 aromatic carbocycles. The van der Waals surface area contributed by atoms with E-state index in [1.807, 2.05) is 19.1 Å². The Balaban J connectivity index is 1.46. The van der Waals surface area contributed by atoms with Crippen molar-refractivity contribution in [1.82, 2.24) is 15.2 Å². The van der Waals surface area contributed by atoms with Gasteiger partial charge in [-0.1, -0.05) is 24.6 Å². The summed E-state index contributed by atoms with van der Waals surface area (Å²) in [4.78, 5) is 18.1. The largest absolute Gasteiger partial charge is 0.358 e. The van der Waals surface area contributed by atoms with Gasteiger partial charge in [0.05, 0.1) is 6.42 Å². The number of carbonyl (C=O) groups excluding carboxylic acids is 1. The number of aromatic amines is 1. The van der Waals surface area contributed by atoms with Gasteiger partial charge >= 0.3 is 0 Å². The molecule has 4 heteroatoms. The lowest BCUT2D eigenvalue weighted by Gasteiger charge is -2.26. The van der Waals surface area contributed by atoms with E-state index in [4.69, 9.17) is 0 Å². The summed E-state index contributed by atoms with van der Waals surface area (Å²) in [5, 5.41) is 4.23. The number of aromatic nitrogens is 1. The first-order valence-corrected chi connectivity index (χ1v) is 8.79. The standard InChI is InChI=1S/C19H27N3O/c1-15-17(16-8-3-4-9-18(16)21-15)14-19(23)20-10-7-13-22-11-5-2-6-12-22/h3-4,8-9,21H,2,5-7,10-14H2,1H3,(H,20,23). The average molecular weight is 313 g/mol. The Morgan fingerprint density at radius 3 is 2.83 bits per heavy atom. The second-order valence-corrected chi connectivity index (χ2v) is 6.56. The molecule has 0 aliphatic carbocycles. The molecule has 1 fully saturated rings. The lowest BCUT2D eigenvalue weighted by Crippen LogP contribution is -2.33. The van der Waals surface area contributed by atoms with Gasteiger partial charge in [-0.3, -0.25) is 4.79 Å². The van der Waals surface area contributed by atoms with Crippen LogP contribution >= 0.6 is 0 Å². The highest BCUT2D eigenvalue weighted by atomic mass is 16.1. The molecule has 2 aromatic rings. The number of aryl methyl sites for hydroxylation is 1. The molecule has 1 saturated heterocycles. The predicted octanol–water partition coefficient (Wildman–Crippen LogP) is 3.01. The van der Waals surface area contributed by atoms with Gasteiger partial charge in [-0.15, -0.1) is 0 Å². The van der Waals surface area contributed by atoms with Crippen LogP contribution in [0.2, 0.25) is 0 Å². The van der Waals surface area contributed by atoms with Gasteiger partial charge in [0.1, 0.15) is 0 Å². The molecule has 1 aliphatic rings. The first-order valence-electron chi connectivity index (χ1n) is 8.79. The lowest BCUT2D eigenvalue weighted by atomic mass is 10.1. The van der Waals surface area contributed by atoms with Gasteiger partial charge in [-0.25, -0.2) is 0 Å². The fraction of sp³-hybridized carbons (Fsp3) is 0.526. The van der Waals surface area contributed by atoms with Crippen molar-refractivity contribution in [1.29, 1.82) is 0 Å². The van der Waals surface area contributed by atoms with Crippen molar-refractivity contribution in [3.05, 3.63) is 35.5 Å². The quantitative estimate of drug-likeness (QED) is 0.805.